The molecule has 1 nitrogen and oxygen atoms in total. The van der Waals surface area contributed by atoms with Gasteiger partial charge in [-0.1, -0.05) is 37.6 Å². The van der Waals surface area contributed by atoms with Crippen molar-refractivity contribution in [3.8, 4) is 0 Å². The Kier molecular flexibility index (Phi) is 10.5. The Morgan fingerprint density at radius 1 is 1.06 bits per heavy atom. The summed E-state index contributed by atoms with van der Waals surface area (Å²) in [6, 6.07) is 5.64. The van der Waals surface area contributed by atoms with Crippen LogP contribution >= 0.6 is 11.6 Å². The molecule has 0 radical (unpaired) electrons. The molecule has 0 atom stereocenters. The van der Waals surface area contributed by atoms with Crippen molar-refractivity contribution in [2.24, 2.45) is 5.73 Å². The summed E-state index contributed by atoms with van der Waals surface area (Å²) in [4.78, 5) is 0. The van der Waals surface area contributed by atoms with Crippen molar-refractivity contribution in [3.63, 3.8) is 0 Å². The van der Waals surface area contributed by atoms with Gasteiger partial charge in [0.2, 0.25) is 0 Å². The molecule has 1 rings (SSSR count). The highest BCUT2D eigenvalue weighted by molar-refractivity contribution is 6.30. The first-order chi connectivity index (χ1) is 7.47. The lowest BCUT2D eigenvalue weighted by molar-refractivity contribution is -0.127. The number of benzene rings is 1. The standard InChI is InChI=1S/C8H6ClF3.C2H6.CH5N/c9-7-3-1-6(2-4-7)5-8(10,11)12;2*1-2/h1-4H,5H2;1-2H3;2H2,1H3. The summed E-state index contributed by atoms with van der Waals surface area (Å²) in [7, 11) is 1.50. The first kappa shape index (κ1) is 17.6. The number of rotatable bonds is 1. The van der Waals surface area contributed by atoms with E-state index in [0.717, 1.165) is 0 Å². The maximum Gasteiger partial charge on any atom is 0.393 e. The Morgan fingerprint density at radius 2 is 1.44 bits per heavy atom. The lowest BCUT2D eigenvalue weighted by atomic mass is 10.1. The number of nitrogens with two attached hydrogens (primary N) is 1. The molecule has 0 amide bonds. The Hall–Kier alpha value is -0.740. The lowest BCUT2D eigenvalue weighted by Crippen LogP contribution is -2.11. The average molecular weight is 256 g/mol. The van der Waals surface area contributed by atoms with Gasteiger partial charge in [0.05, 0.1) is 6.42 Å². The molecule has 1 aromatic carbocycles. The minimum absolute atomic E-state index is 0.229. The Labute approximate surface area is 99.4 Å². The molecule has 0 unspecified atom stereocenters. The van der Waals surface area contributed by atoms with Crippen LogP contribution in [0.4, 0.5) is 13.2 Å². The van der Waals surface area contributed by atoms with E-state index in [2.05, 4.69) is 5.73 Å². The Balaban J connectivity index is 0. The van der Waals surface area contributed by atoms with Crippen LogP contribution in [0.2, 0.25) is 5.02 Å². The molecule has 0 saturated carbocycles. The van der Waals surface area contributed by atoms with Gasteiger partial charge in [-0.15, -0.1) is 0 Å². The smallest absolute Gasteiger partial charge is 0.333 e. The van der Waals surface area contributed by atoms with Crippen molar-refractivity contribution in [2.45, 2.75) is 26.4 Å². The molecule has 0 aromatic heterocycles. The molecule has 16 heavy (non-hydrogen) atoms. The third-order valence-corrected chi connectivity index (χ3v) is 1.57. The van der Waals surface area contributed by atoms with Crippen molar-refractivity contribution in [3.05, 3.63) is 34.9 Å². The van der Waals surface area contributed by atoms with Gasteiger partial charge in [-0.25, -0.2) is 0 Å². The summed E-state index contributed by atoms with van der Waals surface area (Å²) in [6.45, 7) is 4.00. The van der Waals surface area contributed by atoms with E-state index in [1.165, 1.54) is 31.3 Å². The molecular formula is C11H17ClF3N. The SMILES string of the molecule is CC.CN.FC(F)(F)Cc1ccc(Cl)cc1. The molecule has 0 bridgehead atoms. The zero-order chi connectivity index (χ0) is 13.2. The van der Waals surface area contributed by atoms with Gasteiger partial charge in [0, 0.05) is 5.02 Å². The summed E-state index contributed by atoms with van der Waals surface area (Å²) in [5.74, 6) is 0. The summed E-state index contributed by atoms with van der Waals surface area (Å²) >= 11 is 5.50. The van der Waals surface area contributed by atoms with Gasteiger partial charge in [-0.3, -0.25) is 0 Å². The van der Waals surface area contributed by atoms with Crippen molar-refractivity contribution >= 4 is 11.6 Å². The summed E-state index contributed by atoms with van der Waals surface area (Å²) < 4.78 is 35.4. The number of halogens is 4. The highest BCUT2D eigenvalue weighted by Crippen LogP contribution is 2.21. The first-order valence-corrected chi connectivity index (χ1v) is 5.24. The van der Waals surface area contributed by atoms with Crippen LogP contribution < -0.4 is 5.73 Å². The number of hydrogen-bond acceptors (Lipinski definition) is 1. The summed E-state index contributed by atoms with van der Waals surface area (Å²) in [5, 5.41) is 0.445. The van der Waals surface area contributed by atoms with Crippen LogP contribution in [-0.2, 0) is 6.42 Å². The monoisotopic (exact) mass is 255 g/mol. The normalized spacial score (nSPS) is 9.50. The molecule has 0 heterocycles. The van der Waals surface area contributed by atoms with Crippen LogP contribution in [0.15, 0.2) is 24.3 Å². The fourth-order valence-electron chi connectivity index (χ4n) is 0.834. The van der Waals surface area contributed by atoms with E-state index in [-0.39, 0.29) is 5.56 Å². The molecular weight excluding hydrogens is 239 g/mol. The lowest BCUT2D eigenvalue weighted by Gasteiger charge is -2.05. The van der Waals surface area contributed by atoms with Gasteiger partial charge >= 0.3 is 6.18 Å². The van der Waals surface area contributed by atoms with Gasteiger partial charge in [-0.05, 0) is 24.7 Å². The van der Waals surface area contributed by atoms with Crippen LogP contribution in [-0.4, -0.2) is 13.2 Å². The van der Waals surface area contributed by atoms with Crippen LogP contribution in [0.1, 0.15) is 19.4 Å². The largest absolute Gasteiger partial charge is 0.393 e. The minimum atomic E-state index is -4.15. The van der Waals surface area contributed by atoms with Crippen molar-refractivity contribution in [2.75, 3.05) is 7.05 Å². The molecule has 5 heteroatoms. The molecule has 0 fully saturated rings. The van der Waals surface area contributed by atoms with E-state index in [1.54, 1.807) is 0 Å². The third kappa shape index (κ3) is 9.80. The van der Waals surface area contributed by atoms with E-state index in [9.17, 15) is 13.2 Å². The summed E-state index contributed by atoms with van der Waals surface area (Å²) in [6.07, 6.45) is -5.04. The van der Waals surface area contributed by atoms with Crippen LogP contribution in [0.25, 0.3) is 0 Å². The van der Waals surface area contributed by atoms with Gasteiger partial charge in [-0.2, -0.15) is 13.2 Å². The second-order valence-corrected chi connectivity index (χ2v) is 2.85. The van der Waals surface area contributed by atoms with Gasteiger partial charge < -0.3 is 5.73 Å². The van der Waals surface area contributed by atoms with Crippen LogP contribution in [0.3, 0.4) is 0 Å². The molecule has 0 spiro atoms. The van der Waals surface area contributed by atoms with E-state index in [4.69, 9.17) is 11.6 Å². The van der Waals surface area contributed by atoms with Gasteiger partial charge in [0.15, 0.2) is 0 Å². The number of hydrogen-bond donors (Lipinski definition) is 1. The van der Waals surface area contributed by atoms with E-state index >= 15 is 0 Å². The van der Waals surface area contributed by atoms with Gasteiger partial charge in [0.1, 0.15) is 0 Å². The van der Waals surface area contributed by atoms with E-state index < -0.39 is 12.6 Å². The minimum Gasteiger partial charge on any atom is -0.333 e. The first-order valence-electron chi connectivity index (χ1n) is 4.86. The molecule has 0 aliphatic carbocycles. The predicted molar refractivity (Wildman–Crippen MR) is 62.7 cm³/mol. The van der Waals surface area contributed by atoms with Crippen molar-refractivity contribution in [1.29, 1.82) is 0 Å². The van der Waals surface area contributed by atoms with Crippen molar-refractivity contribution in [1.82, 2.24) is 0 Å². The maximum absolute atomic E-state index is 11.8. The topological polar surface area (TPSA) is 26.0 Å². The highest BCUT2D eigenvalue weighted by Gasteiger charge is 2.27. The average Bonchev–Trinajstić information content (AvgIpc) is 2.25. The molecule has 0 saturated heterocycles. The zero-order valence-corrected chi connectivity index (χ0v) is 10.4. The molecule has 2 N–H and O–H groups in total. The second-order valence-electron chi connectivity index (χ2n) is 2.42. The molecule has 0 aliphatic heterocycles. The fraction of sp³-hybridized carbons (Fsp3) is 0.455. The maximum atomic E-state index is 11.8. The van der Waals surface area contributed by atoms with Crippen molar-refractivity contribution < 1.29 is 13.2 Å². The summed E-state index contributed by atoms with van der Waals surface area (Å²) in [5.41, 5.74) is 4.73. The highest BCUT2D eigenvalue weighted by atomic mass is 35.5. The van der Waals surface area contributed by atoms with Crippen LogP contribution in [0, 0.1) is 0 Å². The van der Waals surface area contributed by atoms with E-state index in [0.29, 0.717) is 5.02 Å². The van der Waals surface area contributed by atoms with Crippen LogP contribution in [0.5, 0.6) is 0 Å². The Bertz CT molecular complexity index is 257. The zero-order valence-electron chi connectivity index (χ0n) is 9.61. The van der Waals surface area contributed by atoms with E-state index in [1.807, 2.05) is 13.8 Å². The quantitative estimate of drug-likeness (QED) is 0.805. The third-order valence-electron chi connectivity index (χ3n) is 1.32. The fourth-order valence-corrected chi connectivity index (χ4v) is 0.960. The van der Waals surface area contributed by atoms with Gasteiger partial charge in [0.25, 0.3) is 0 Å². The Morgan fingerprint density at radius 3 is 1.75 bits per heavy atom. The number of alkyl halides is 3. The predicted octanol–water partition coefficient (Wildman–Crippen LogP) is 4.05. The molecule has 1 aromatic rings. The molecule has 0 aliphatic rings. The second kappa shape index (κ2) is 9.48. The molecule has 94 valence electrons.